The van der Waals surface area contributed by atoms with Crippen LogP contribution in [0.5, 0.6) is 0 Å². The first-order valence-electron chi connectivity index (χ1n) is 10.1. The van der Waals surface area contributed by atoms with Crippen LogP contribution in [0.2, 0.25) is 0 Å². The average molecular weight is 437 g/mol. The van der Waals surface area contributed by atoms with Crippen molar-refractivity contribution in [2.45, 2.75) is 83.6 Å². The van der Waals surface area contributed by atoms with Gasteiger partial charge in [-0.1, -0.05) is 56.2 Å². The van der Waals surface area contributed by atoms with Crippen molar-refractivity contribution in [1.82, 2.24) is 5.32 Å². The monoisotopic (exact) mass is 437 g/mol. The molecule has 1 atom stereocenters. The number of allylic oxidation sites excluding steroid dienone is 6. The third-order valence-corrected chi connectivity index (χ3v) is 4.03. The summed E-state index contributed by atoms with van der Waals surface area (Å²) in [6, 6.07) is -1.55. The van der Waals surface area contributed by atoms with E-state index in [0.29, 0.717) is 6.42 Å². The molecule has 0 radical (unpaired) electrons. The topological polar surface area (TPSA) is 109 Å². The first-order valence-corrected chi connectivity index (χ1v) is 10.1. The van der Waals surface area contributed by atoms with Crippen molar-refractivity contribution in [3.05, 3.63) is 36.5 Å². The van der Waals surface area contributed by atoms with Crippen LogP contribution >= 0.6 is 0 Å². The van der Waals surface area contributed by atoms with Gasteiger partial charge in [0.05, 0.1) is 12.0 Å². The van der Waals surface area contributed by atoms with Gasteiger partial charge in [0, 0.05) is 18.8 Å². The van der Waals surface area contributed by atoms with E-state index in [4.69, 9.17) is 0 Å². The summed E-state index contributed by atoms with van der Waals surface area (Å²) < 4.78 is 0. The molecule has 0 spiro atoms. The number of rotatable bonds is 17. The minimum absolute atomic E-state index is 0. The second-order valence-electron chi connectivity index (χ2n) is 6.64. The third kappa shape index (κ3) is 23.9. The Bertz CT molecular complexity index is 548. The predicted molar refractivity (Wildman–Crippen MR) is 106 cm³/mol. The summed E-state index contributed by atoms with van der Waals surface area (Å²) in [4.78, 5) is 32.8. The van der Waals surface area contributed by atoms with Crippen LogP contribution < -0.4 is 74.6 Å². The number of carbonyl (C=O) groups is 3. The van der Waals surface area contributed by atoms with Crippen LogP contribution in [0.3, 0.4) is 0 Å². The number of carboxylic acids is 2. The number of aliphatic carboxylic acids is 2. The van der Waals surface area contributed by atoms with Crippen molar-refractivity contribution >= 4 is 17.8 Å². The number of carboxylic acid groups (broad SMARTS) is 2. The van der Waals surface area contributed by atoms with E-state index >= 15 is 0 Å². The van der Waals surface area contributed by atoms with Gasteiger partial charge < -0.3 is 25.1 Å². The molecular weight excluding hydrogens is 404 g/mol. The molecule has 6 nitrogen and oxygen atoms in total. The average Bonchev–Trinajstić information content (AvgIpc) is 2.64. The Morgan fingerprint density at radius 1 is 0.800 bits per heavy atom. The molecule has 0 rings (SSSR count). The fourth-order valence-electron chi connectivity index (χ4n) is 2.46. The molecule has 0 aliphatic heterocycles. The fraction of sp³-hybridized carbons (Fsp3) is 0.591. The standard InChI is InChI=1S/C22H35NO5.2Na/c1-2-3-4-5-6-7-8-9-10-11-12-13-14-15-16-17-20(24)23-19(22(27)28)18-21(25)26;;/h6-7,9-10,12-13,19H,2-5,8,11,14-18H2,1H3,(H,23,24)(H,25,26)(H,27,28);;/q;2*+1/p-2/b7-6-,10-9-,13-12-;;/t19-;;/m0../s1. The molecule has 158 valence electrons. The first kappa shape index (κ1) is 34.2. The number of amides is 1. The molecule has 0 aromatic rings. The minimum atomic E-state index is -1.62. The maximum Gasteiger partial charge on any atom is 1.00 e. The summed E-state index contributed by atoms with van der Waals surface area (Å²) in [5.41, 5.74) is 0. The quantitative estimate of drug-likeness (QED) is 0.142. The second kappa shape index (κ2) is 24.9. The van der Waals surface area contributed by atoms with Gasteiger partial charge in [-0.05, 0) is 44.9 Å². The number of nitrogens with one attached hydrogen (secondary N) is 1. The van der Waals surface area contributed by atoms with Crippen LogP contribution in [0.4, 0.5) is 0 Å². The van der Waals surface area contributed by atoms with Crippen LogP contribution in [-0.2, 0) is 14.4 Å². The molecule has 30 heavy (non-hydrogen) atoms. The van der Waals surface area contributed by atoms with Gasteiger partial charge in [0.1, 0.15) is 0 Å². The van der Waals surface area contributed by atoms with Crippen molar-refractivity contribution in [2.75, 3.05) is 0 Å². The van der Waals surface area contributed by atoms with Crippen molar-refractivity contribution in [3.8, 4) is 0 Å². The molecule has 1 N–H and O–H groups in total. The molecule has 0 heterocycles. The van der Waals surface area contributed by atoms with E-state index in [1.54, 1.807) is 0 Å². The van der Waals surface area contributed by atoms with E-state index in [2.05, 4.69) is 48.7 Å². The van der Waals surface area contributed by atoms with Gasteiger partial charge >= 0.3 is 59.1 Å². The molecule has 0 aromatic carbocycles. The molecule has 0 aromatic heterocycles. The Kier molecular flexibility index (Phi) is 28.4. The fourth-order valence-corrected chi connectivity index (χ4v) is 2.46. The zero-order valence-electron chi connectivity index (χ0n) is 18.9. The maximum absolute atomic E-state index is 11.6. The zero-order chi connectivity index (χ0) is 21.0. The number of hydrogen-bond acceptors (Lipinski definition) is 5. The molecule has 0 aliphatic carbocycles. The summed E-state index contributed by atoms with van der Waals surface area (Å²) in [5.74, 6) is -3.66. The van der Waals surface area contributed by atoms with Gasteiger partial charge in [-0.2, -0.15) is 0 Å². The summed E-state index contributed by atoms with van der Waals surface area (Å²) in [6.07, 6.45) is 21.2. The molecular formula is C22H33NNa2O5. The zero-order valence-corrected chi connectivity index (χ0v) is 22.9. The van der Waals surface area contributed by atoms with E-state index in [1.165, 1.54) is 19.3 Å². The number of carbonyl (C=O) groups excluding carboxylic acids is 3. The van der Waals surface area contributed by atoms with Gasteiger partial charge in [-0.25, -0.2) is 0 Å². The molecule has 0 unspecified atom stereocenters. The summed E-state index contributed by atoms with van der Waals surface area (Å²) in [5, 5.41) is 23.3. The predicted octanol–water partition coefficient (Wildman–Crippen LogP) is -4.04. The van der Waals surface area contributed by atoms with Gasteiger partial charge in [0.25, 0.3) is 0 Å². The first-order chi connectivity index (χ1) is 13.5. The van der Waals surface area contributed by atoms with Crippen LogP contribution in [0.1, 0.15) is 77.6 Å². The van der Waals surface area contributed by atoms with Crippen molar-refractivity contribution in [1.29, 1.82) is 0 Å². The molecule has 0 bridgehead atoms. The van der Waals surface area contributed by atoms with Crippen LogP contribution in [0.25, 0.3) is 0 Å². The molecule has 0 fully saturated rings. The van der Waals surface area contributed by atoms with Gasteiger partial charge in [-0.3, -0.25) is 4.79 Å². The largest absolute Gasteiger partial charge is 1.00 e. The third-order valence-electron chi connectivity index (χ3n) is 4.03. The van der Waals surface area contributed by atoms with Crippen LogP contribution in [-0.4, -0.2) is 23.9 Å². The Labute approximate surface area is 225 Å². The molecule has 8 heteroatoms. The van der Waals surface area contributed by atoms with Crippen LogP contribution in [0, 0.1) is 0 Å². The van der Waals surface area contributed by atoms with Gasteiger partial charge in [-0.15, -0.1) is 0 Å². The SMILES string of the molecule is CCCCC/C=C\C/C=C\C/C=C\CCCCC(=O)N[C@@H](CC(=O)[O-])C(=O)[O-].[Na+].[Na+]. The second-order valence-corrected chi connectivity index (χ2v) is 6.64. The normalized spacial score (nSPS) is 11.9. The molecule has 0 saturated carbocycles. The van der Waals surface area contributed by atoms with Gasteiger partial charge in [0.2, 0.25) is 5.91 Å². The summed E-state index contributed by atoms with van der Waals surface area (Å²) >= 11 is 0. The van der Waals surface area contributed by atoms with Gasteiger partial charge in [0.15, 0.2) is 0 Å². The smallest absolute Gasteiger partial charge is 0.550 e. The minimum Gasteiger partial charge on any atom is -0.550 e. The van der Waals surface area contributed by atoms with Crippen molar-refractivity contribution < 1.29 is 83.7 Å². The van der Waals surface area contributed by atoms with Crippen molar-refractivity contribution in [3.63, 3.8) is 0 Å². The Balaban J connectivity index is -0.00000364. The molecule has 0 aliphatic rings. The van der Waals surface area contributed by atoms with Crippen molar-refractivity contribution in [2.24, 2.45) is 0 Å². The van der Waals surface area contributed by atoms with E-state index < -0.39 is 30.3 Å². The van der Waals surface area contributed by atoms with E-state index in [-0.39, 0.29) is 65.5 Å². The number of unbranched alkanes of at least 4 members (excludes halogenated alkanes) is 5. The summed E-state index contributed by atoms with van der Waals surface area (Å²) in [6.45, 7) is 2.20. The molecule has 1 amide bonds. The van der Waals surface area contributed by atoms with E-state index in [1.807, 2.05) is 0 Å². The Morgan fingerprint density at radius 2 is 1.30 bits per heavy atom. The van der Waals surface area contributed by atoms with E-state index in [9.17, 15) is 24.6 Å². The Morgan fingerprint density at radius 3 is 1.77 bits per heavy atom. The Hall–Kier alpha value is -0.370. The number of hydrogen-bond donors (Lipinski definition) is 1. The summed E-state index contributed by atoms with van der Waals surface area (Å²) in [7, 11) is 0. The molecule has 0 saturated heterocycles. The van der Waals surface area contributed by atoms with Crippen LogP contribution in [0.15, 0.2) is 36.5 Å². The maximum atomic E-state index is 11.6. The van der Waals surface area contributed by atoms with E-state index in [0.717, 1.165) is 32.1 Å².